The van der Waals surface area contributed by atoms with Crippen molar-refractivity contribution >= 4 is 11.8 Å². The van der Waals surface area contributed by atoms with Crippen LogP contribution in [0.1, 0.15) is 28.8 Å². The van der Waals surface area contributed by atoms with E-state index in [-0.39, 0.29) is 30.2 Å². The molecule has 5 nitrogen and oxygen atoms in total. The van der Waals surface area contributed by atoms with Crippen molar-refractivity contribution in [3.8, 4) is 0 Å². The fraction of sp³-hybridized carbons (Fsp3) is 0.455. The molecule has 0 radical (unpaired) electrons. The molecule has 1 fully saturated rings. The van der Waals surface area contributed by atoms with Gasteiger partial charge in [0.25, 0.3) is 5.92 Å². The minimum atomic E-state index is -4.72. The monoisotopic (exact) mass is 320 g/mol. The van der Waals surface area contributed by atoms with Gasteiger partial charge in [-0.1, -0.05) is 0 Å². The van der Waals surface area contributed by atoms with Crippen LogP contribution in [0.15, 0.2) is 12.3 Å². The van der Waals surface area contributed by atoms with Gasteiger partial charge >= 0.3 is 31.0 Å². The molecule has 1 aromatic heterocycles. The number of carboxylic acids is 1. The summed E-state index contributed by atoms with van der Waals surface area (Å²) in [6.45, 7) is 0. The summed E-state index contributed by atoms with van der Waals surface area (Å²) in [7, 11) is 0. The van der Waals surface area contributed by atoms with Gasteiger partial charge in [-0.3, -0.25) is 0 Å². The molecule has 22 heavy (non-hydrogen) atoms. The van der Waals surface area contributed by atoms with E-state index < -0.39 is 48.1 Å². The summed E-state index contributed by atoms with van der Waals surface area (Å²) in [6, 6.07) is -0.276. The number of anilines is 1. The number of aromatic nitrogens is 1. The number of carboxylic acid groups (broad SMARTS) is 1. The van der Waals surface area contributed by atoms with E-state index >= 15 is 0 Å². The first-order chi connectivity index (χ1) is 9.08. The van der Waals surface area contributed by atoms with Crippen molar-refractivity contribution in [2.75, 3.05) is 5.32 Å². The summed E-state index contributed by atoms with van der Waals surface area (Å²) in [5.41, 5.74) is -1.91. The molecule has 0 aromatic carbocycles. The third-order valence-electron chi connectivity index (χ3n) is 2.88. The molecule has 0 bridgehead atoms. The van der Waals surface area contributed by atoms with Gasteiger partial charge in [0.1, 0.15) is 11.4 Å². The topological polar surface area (TPSA) is 92.2 Å². The van der Waals surface area contributed by atoms with Gasteiger partial charge in [-0.15, -0.1) is 0 Å². The predicted molar refractivity (Wildman–Crippen MR) is 59.7 cm³/mol. The van der Waals surface area contributed by atoms with Gasteiger partial charge in [0.05, 0.1) is 5.56 Å². The van der Waals surface area contributed by atoms with Crippen LogP contribution in [0.5, 0.6) is 0 Å². The van der Waals surface area contributed by atoms with E-state index in [4.69, 9.17) is 5.11 Å². The van der Waals surface area contributed by atoms with Crippen LogP contribution in [-0.4, -0.2) is 33.5 Å². The van der Waals surface area contributed by atoms with Gasteiger partial charge in [0, 0.05) is 25.1 Å². The molecule has 1 aromatic rings. The van der Waals surface area contributed by atoms with E-state index in [1.54, 1.807) is 0 Å². The van der Waals surface area contributed by atoms with Crippen LogP contribution in [0.25, 0.3) is 0 Å². The van der Waals surface area contributed by atoms with E-state index in [0.717, 1.165) is 0 Å². The minimum absolute atomic E-state index is 0. The standard InChI is InChI=1S/C11H9F5N2O2.Li.H2O/c12-10(13)2-6(3-10)18-8-7(9(19)20)1-5(4-17-8)11(14,15)16;;/h1,4,6H,2-3H2,(H,17,18)(H,19,20);;1H2/q;+1;/p-1. The maximum Gasteiger partial charge on any atom is 1.00 e. The molecular formula is C11H10F5LiN2O3. The zero-order valence-electron chi connectivity index (χ0n) is 11.3. The summed E-state index contributed by atoms with van der Waals surface area (Å²) >= 11 is 0. The van der Waals surface area contributed by atoms with Gasteiger partial charge in [0.15, 0.2) is 0 Å². The normalized spacial score (nSPS) is 16.8. The van der Waals surface area contributed by atoms with Crippen LogP contribution in [0.4, 0.5) is 27.8 Å². The van der Waals surface area contributed by atoms with Crippen LogP contribution in [-0.2, 0) is 6.18 Å². The number of pyridine rings is 1. The fourth-order valence-corrected chi connectivity index (χ4v) is 1.85. The number of nitrogens with zero attached hydrogens (tertiary/aromatic N) is 1. The molecule has 0 spiro atoms. The Morgan fingerprint density at radius 3 is 2.32 bits per heavy atom. The first kappa shape index (κ1) is 20.6. The van der Waals surface area contributed by atoms with Crippen molar-refractivity contribution in [3.63, 3.8) is 0 Å². The van der Waals surface area contributed by atoms with Crippen LogP contribution < -0.4 is 24.2 Å². The summed E-state index contributed by atoms with van der Waals surface area (Å²) in [5.74, 6) is -4.78. The summed E-state index contributed by atoms with van der Waals surface area (Å²) in [5, 5.41) is 11.3. The number of alkyl halides is 5. The number of nitrogens with one attached hydrogen (secondary N) is 1. The largest absolute Gasteiger partial charge is 1.00 e. The van der Waals surface area contributed by atoms with Crippen molar-refractivity contribution in [2.45, 2.75) is 31.0 Å². The Balaban J connectivity index is 0.00000220. The number of aromatic carboxylic acids is 1. The Hall–Kier alpha value is -1.37. The Bertz CT molecular complexity index is 545. The third-order valence-corrected chi connectivity index (χ3v) is 2.88. The number of carbonyl (C=O) groups is 1. The van der Waals surface area contributed by atoms with E-state index in [9.17, 15) is 26.7 Å². The maximum atomic E-state index is 12.6. The average molecular weight is 320 g/mol. The molecule has 0 aliphatic heterocycles. The van der Waals surface area contributed by atoms with E-state index in [2.05, 4.69) is 10.3 Å². The number of halogens is 5. The summed E-state index contributed by atoms with van der Waals surface area (Å²) in [4.78, 5) is 14.3. The molecule has 1 aliphatic carbocycles. The second-order valence-electron chi connectivity index (χ2n) is 4.53. The zero-order chi connectivity index (χ0) is 15.1. The number of hydrogen-bond donors (Lipinski definition) is 2. The van der Waals surface area contributed by atoms with Gasteiger partial charge in [-0.05, 0) is 6.07 Å². The van der Waals surface area contributed by atoms with Gasteiger partial charge < -0.3 is 15.9 Å². The Morgan fingerprint density at radius 1 is 1.36 bits per heavy atom. The molecule has 1 aliphatic rings. The fourth-order valence-electron chi connectivity index (χ4n) is 1.85. The zero-order valence-corrected chi connectivity index (χ0v) is 11.3. The minimum Gasteiger partial charge on any atom is -0.870 e. The maximum absolute atomic E-state index is 12.6. The Morgan fingerprint density at radius 2 is 1.91 bits per heavy atom. The molecule has 0 amide bonds. The van der Waals surface area contributed by atoms with E-state index in [0.29, 0.717) is 12.3 Å². The quantitative estimate of drug-likeness (QED) is 0.596. The molecule has 1 saturated carbocycles. The van der Waals surface area contributed by atoms with Gasteiger partial charge in [-0.25, -0.2) is 18.6 Å². The number of rotatable bonds is 3. The molecule has 118 valence electrons. The van der Waals surface area contributed by atoms with Crippen molar-refractivity contribution < 1.29 is 56.2 Å². The van der Waals surface area contributed by atoms with Crippen LogP contribution in [0.3, 0.4) is 0 Å². The molecule has 1 heterocycles. The molecule has 2 rings (SSSR count). The van der Waals surface area contributed by atoms with Crippen molar-refractivity contribution in [1.29, 1.82) is 0 Å². The number of hydrogen-bond acceptors (Lipinski definition) is 4. The Kier molecular flexibility index (Phi) is 6.38. The van der Waals surface area contributed by atoms with Crippen LogP contribution in [0.2, 0.25) is 0 Å². The molecule has 0 unspecified atom stereocenters. The molecule has 0 atom stereocenters. The average Bonchev–Trinajstić information content (AvgIpc) is 2.25. The van der Waals surface area contributed by atoms with Crippen molar-refractivity contribution in [3.05, 3.63) is 23.4 Å². The second kappa shape index (κ2) is 6.81. The predicted octanol–water partition coefficient (Wildman–Crippen LogP) is -0.165. The van der Waals surface area contributed by atoms with Crippen molar-refractivity contribution in [1.82, 2.24) is 4.98 Å². The van der Waals surface area contributed by atoms with Crippen LogP contribution >= 0.6 is 0 Å². The van der Waals surface area contributed by atoms with E-state index in [1.165, 1.54) is 0 Å². The molecular weight excluding hydrogens is 310 g/mol. The molecule has 3 N–H and O–H groups in total. The van der Waals surface area contributed by atoms with Crippen LogP contribution in [0, 0.1) is 0 Å². The molecule has 0 saturated heterocycles. The van der Waals surface area contributed by atoms with Gasteiger partial charge in [0.2, 0.25) is 0 Å². The first-order valence-corrected chi connectivity index (χ1v) is 5.53. The Labute approximate surface area is 133 Å². The first-order valence-electron chi connectivity index (χ1n) is 5.53. The summed E-state index contributed by atoms with van der Waals surface area (Å²) in [6.07, 6.45) is -5.27. The second-order valence-corrected chi connectivity index (χ2v) is 4.53. The molecule has 11 heteroatoms. The third kappa shape index (κ3) is 4.56. The SMILES string of the molecule is O=C(O)c1cc(C(F)(F)F)cnc1NC1CC(F)(F)C1.[Li+].[OH-]. The van der Waals surface area contributed by atoms with Crippen molar-refractivity contribution in [2.24, 2.45) is 0 Å². The smallest absolute Gasteiger partial charge is 0.870 e. The van der Waals surface area contributed by atoms with E-state index in [1.807, 2.05) is 0 Å². The van der Waals surface area contributed by atoms with Gasteiger partial charge in [-0.2, -0.15) is 13.2 Å². The summed E-state index contributed by atoms with van der Waals surface area (Å²) < 4.78 is 62.6.